The predicted octanol–water partition coefficient (Wildman–Crippen LogP) is 4.79. The van der Waals surface area contributed by atoms with Gasteiger partial charge in [0.2, 0.25) is 0 Å². The highest BCUT2D eigenvalue weighted by atomic mass is 19.4. The fourth-order valence-corrected chi connectivity index (χ4v) is 3.65. The van der Waals surface area contributed by atoms with Crippen molar-refractivity contribution in [3.05, 3.63) is 65.4 Å². The van der Waals surface area contributed by atoms with Crippen molar-refractivity contribution in [3.8, 4) is 0 Å². The molecule has 0 fully saturated rings. The highest BCUT2D eigenvalue weighted by Crippen LogP contribution is 2.31. The number of para-hydroxylation sites is 1. The average Bonchev–Trinajstić information content (AvgIpc) is 2.94. The molecule has 2 aromatic carbocycles. The van der Waals surface area contributed by atoms with Gasteiger partial charge < -0.3 is 14.8 Å². The second-order valence-corrected chi connectivity index (χ2v) is 6.68. The van der Waals surface area contributed by atoms with Crippen LogP contribution in [-0.2, 0) is 26.2 Å². The zero-order chi connectivity index (χ0) is 19.2. The Morgan fingerprint density at radius 2 is 1.78 bits per heavy atom. The molecule has 27 heavy (non-hydrogen) atoms. The van der Waals surface area contributed by atoms with Crippen LogP contribution in [0.3, 0.4) is 0 Å². The minimum absolute atomic E-state index is 0.312. The van der Waals surface area contributed by atoms with E-state index in [2.05, 4.69) is 16.0 Å². The summed E-state index contributed by atoms with van der Waals surface area (Å²) < 4.78 is 40.1. The van der Waals surface area contributed by atoms with Gasteiger partial charge in [-0.2, -0.15) is 13.2 Å². The molecule has 1 aromatic heterocycles. The van der Waals surface area contributed by atoms with Crippen molar-refractivity contribution in [1.29, 1.82) is 0 Å². The number of halogens is 3. The van der Waals surface area contributed by atoms with Crippen molar-refractivity contribution in [3.63, 3.8) is 0 Å². The van der Waals surface area contributed by atoms with Crippen LogP contribution in [0.5, 0.6) is 0 Å². The molecule has 4 nitrogen and oxygen atoms in total. The van der Waals surface area contributed by atoms with Crippen LogP contribution in [0.1, 0.15) is 16.8 Å². The monoisotopic (exact) mass is 373 g/mol. The van der Waals surface area contributed by atoms with Crippen LogP contribution in [0, 0.1) is 0 Å². The molecular weight excluding hydrogens is 355 g/mol. The Bertz CT molecular complexity index is 1010. The highest BCUT2D eigenvalue weighted by Gasteiger charge is 2.30. The van der Waals surface area contributed by atoms with Crippen molar-refractivity contribution in [2.24, 2.45) is 7.05 Å². The zero-order valence-electron chi connectivity index (χ0n) is 14.7. The topological polar surface area (TPSA) is 37.3 Å². The van der Waals surface area contributed by atoms with Crippen molar-refractivity contribution >= 4 is 22.6 Å². The zero-order valence-corrected chi connectivity index (χ0v) is 14.7. The van der Waals surface area contributed by atoms with Crippen molar-refractivity contribution in [1.82, 2.24) is 9.47 Å². The molecule has 2 amide bonds. The fraction of sp³-hybridized carbons (Fsp3) is 0.250. The van der Waals surface area contributed by atoms with Gasteiger partial charge in [0.05, 0.1) is 5.56 Å². The van der Waals surface area contributed by atoms with Crippen molar-refractivity contribution < 1.29 is 18.0 Å². The third-order valence-electron chi connectivity index (χ3n) is 5.06. The van der Waals surface area contributed by atoms with Gasteiger partial charge in [-0.1, -0.05) is 18.2 Å². The van der Waals surface area contributed by atoms with Crippen LogP contribution in [0.15, 0.2) is 48.5 Å². The molecule has 140 valence electrons. The summed E-state index contributed by atoms with van der Waals surface area (Å²) in [5, 5.41) is 3.82. The van der Waals surface area contributed by atoms with E-state index in [-0.39, 0.29) is 6.03 Å². The largest absolute Gasteiger partial charge is 0.416 e. The van der Waals surface area contributed by atoms with Gasteiger partial charge in [0.1, 0.15) is 0 Å². The van der Waals surface area contributed by atoms with E-state index in [1.165, 1.54) is 17.8 Å². The summed E-state index contributed by atoms with van der Waals surface area (Å²) in [7, 11) is 2.03. The first-order valence-corrected chi connectivity index (χ1v) is 8.63. The van der Waals surface area contributed by atoms with Gasteiger partial charge >= 0.3 is 12.2 Å². The van der Waals surface area contributed by atoms with Gasteiger partial charge in [-0.3, -0.25) is 0 Å². The van der Waals surface area contributed by atoms with Gasteiger partial charge in [0.15, 0.2) is 0 Å². The molecule has 1 N–H and O–H groups in total. The molecule has 0 atom stereocenters. The lowest BCUT2D eigenvalue weighted by atomic mass is 10.0. The molecule has 1 aliphatic heterocycles. The summed E-state index contributed by atoms with van der Waals surface area (Å²) in [5.74, 6) is 0. The van der Waals surface area contributed by atoms with Crippen LogP contribution in [0.25, 0.3) is 10.9 Å². The number of aryl methyl sites for hydroxylation is 1. The highest BCUT2D eigenvalue weighted by molar-refractivity contribution is 5.91. The Morgan fingerprint density at radius 1 is 1.07 bits per heavy atom. The fourth-order valence-electron chi connectivity index (χ4n) is 3.65. The number of nitrogens with one attached hydrogen (secondary N) is 1. The normalized spacial score (nSPS) is 14.3. The maximum atomic E-state index is 12.6. The SMILES string of the molecule is Cn1c2c(c3ccccc31)CN(C(=O)Nc1ccc(C(F)(F)F)cc1)CC2. The summed E-state index contributed by atoms with van der Waals surface area (Å²) in [6.07, 6.45) is -3.65. The number of hydrogen-bond donors (Lipinski definition) is 1. The van der Waals surface area contributed by atoms with Crippen LogP contribution < -0.4 is 5.32 Å². The van der Waals surface area contributed by atoms with E-state index in [0.29, 0.717) is 18.8 Å². The number of carbonyl (C=O) groups is 1. The quantitative estimate of drug-likeness (QED) is 0.654. The number of carbonyl (C=O) groups excluding carboxylic acids is 1. The second-order valence-electron chi connectivity index (χ2n) is 6.68. The first-order valence-electron chi connectivity index (χ1n) is 8.63. The van der Waals surface area contributed by atoms with Crippen LogP contribution >= 0.6 is 0 Å². The number of hydrogen-bond acceptors (Lipinski definition) is 1. The average molecular weight is 373 g/mol. The maximum Gasteiger partial charge on any atom is 0.416 e. The summed E-state index contributed by atoms with van der Waals surface area (Å²) >= 11 is 0. The number of alkyl halides is 3. The summed E-state index contributed by atoms with van der Waals surface area (Å²) in [5.41, 5.74) is 3.08. The molecule has 0 bridgehead atoms. The molecular formula is C20H18F3N3O. The molecule has 0 spiro atoms. The number of nitrogens with zero attached hydrogens (tertiary/aromatic N) is 2. The molecule has 3 aromatic rings. The Hall–Kier alpha value is -2.96. The minimum Gasteiger partial charge on any atom is -0.347 e. The first kappa shape index (κ1) is 17.5. The van der Waals surface area contributed by atoms with E-state index in [9.17, 15) is 18.0 Å². The third kappa shape index (κ3) is 3.13. The number of fused-ring (bicyclic) bond motifs is 3. The van der Waals surface area contributed by atoms with E-state index in [0.717, 1.165) is 35.0 Å². The molecule has 0 saturated heterocycles. The van der Waals surface area contributed by atoms with Gasteiger partial charge in [-0.15, -0.1) is 0 Å². The van der Waals surface area contributed by atoms with Crippen LogP contribution in [0.4, 0.5) is 23.7 Å². The van der Waals surface area contributed by atoms with Crippen molar-refractivity contribution in [2.75, 3.05) is 11.9 Å². The number of amides is 2. The number of urea groups is 1. The van der Waals surface area contributed by atoms with Gasteiger partial charge in [0.25, 0.3) is 0 Å². The van der Waals surface area contributed by atoms with Gasteiger partial charge in [0, 0.05) is 54.4 Å². The van der Waals surface area contributed by atoms with E-state index in [1.807, 2.05) is 25.2 Å². The molecule has 2 heterocycles. The summed E-state index contributed by atoms with van der Waals surface area (Å²) in [6, 6.07) is 12.2. The van der Waals surface area contributed by atoms with Gasteiger partial charge in [-0.05, 0) is 30.3 Å². The second kappa shape index (κ2) is 6.33. The third-order valence-corrected chi connectivity index (χ3v) is 5.06. The molecule has 0 aliphatic carbocycles. The number of anilines is 1. The Balaban J connectivity index is 1.52. The molecule has 1 aliphatic rings. The first-order chi connectivity index (χ1) is 12.8. The van der Waals surface area contributed by atoms with Gasteiger partial charge in [-0.25, -0.2) is 4.79 Å². The molecule has 4 rings (SSSR count). The Kier molecular flexibility index (Phi) is 4.09. The molecule has 0 unspecified atom stereocenters. The van der Waals surface area contributed by atoms with E-state index in [1.54, 1.807) is 4.90 Å². The minimum atomic E-state index is -4.39. The standard InChI is InChI=1S/C20H18F3N3O/c1-25-17-5-3-2-4-15(17)16-12-26(11-10-18(16)25)19(27)24-14-8-6-13(7-9-14)20(21,22)23/h2-9H,10-12H2,1H3,(H,24,27). The number of aromatic nitrogens is 1. The lowest BCUT2D eigenvalue weighted by Crippen LogP contribution is -2.39. The molecule has 0 saturated carbocycles. The van der Waals surface area contributed by atoms with Crippen LogP contribution in [0.2, 0.25) is 0 Å². The summed E-state index contributed by atoms with van der Waals surface area (Å²) in [6.45, 7) is 1.03. The Morgan fingerprint density at radius 3 is 2.48 bits per heavy atom. The van der Waals surface area contributed by atoms with Crippen molar-refractivity contribution in [2.45, 2.75) is 19.1 Å². The predicted molar refractivity (Wildman–Crippen MR) is 97.5 cm³/mol. The lowest BCUT2D eigenvalue weighted by molar-refractivity contribution is -0.137. The summed E-state index contributed by atoms with van der Waals surface area (Å²) in [4.78, 5) is 14.3. The number of rotatable bonds is 1. The smallest absolute Gasteiger partial charge is 0.347 e. The number of benzene rings is 2. The van der Waals surface area contributed by atoms with E-state index < -0.39 is 11.7 Å². The van der Waals surface area contributed by atoms with E-state index in [4.69, 9.17) is 0 Å². The Labute approximate surface area is 154 Å². The molecule has 7 heteroatoms. The lowest BCUT2D eigenvalue weighted by Gasteiger charge is -2.28. The van der Waals surface area contributed by atoms with E-state index >= 15 is 0 Å². The molecule has 0 radical (unpaired) electrons. The maximum absolute atomic E-state index is 12.6. The van der Waals surface area contributed by atoms with Crippen LogP contribution in [-0.4, -0.2) is 22.0 Å².